The first kappa shape index (κ1) is 11.0. The first-order chi connectivity index (χ1) is 8.07. The van der Waals surface area contributed by atoms with Crippen LogP contribution in [0.15, 0.2) is 24.3 Å². The maximum Gasteiger partial charge on any atom is 0.184 e. The molecule has 2 atom stereocenters. The second-order valence-corrected chi connectivity index (χ2v) is 6.38. The third-order valence-corrected chi connectivity index (χ3v) is 4.90. The van der Waals surface area contributed by atoms with E-state index in [1.54, 1.807) is 11.3 Å². The van der Waals surface area contributed by atoms with Crippen molar-refractivity contribution in [2.45, 2.75) is 32.4 Å². The van der Waals surface area contributed by atoms with Crippen LogP contribution in [0.5, 0.6) is 0 Å². The molecule has 1 aliphatic rings. The quantitative estimate of drug-likeness (QED) is 0.858. The van der Waals surface area contributed by atoms with Crippen molar-refractivity contribution in [2.75, 3.05) is 5.32 Å². The van der Waals surface area contributed by atoms with Gasteiger partial charge in [0.15, 0.2) is 5.13 Å². The Morgan fingerprint density at radius 1 is 1.41 bits per heavy atom. The van der Waals surface area contributed by atoms with Gasteiger partial charge in [-0.05, 0) is 18.6 Å². The number of hydrogen-bond acceptors (Lipinski definition) is 4. The van der Waals surface area contributed by atoms with E-state index in [4.69, 9.17) is 5.73 Å². The molecule has 3 N–H and O–H groups in total. The van der Waals surface area contributed by atoms with Crippen LogP contribution in [0.2, 0.25) is 0 Å². The van der Waals surface area contributed by atoms with Crippen LogP contribution < -0.4 is 11.1 Å². The van der Waals surface area contributed by atoms with E-state index >= 15 is 0 Å². The van der Waals surface area contributed by atoms with Gasteiger partial charge in [-0.2, -0.15) is 0 Å². The fourth-order valence-corrected chi connectivity index (χ4v) is 3.21. The molecule has 1 heterocycles. The molecule has 2 aromatic rings. The molecule has 0 saturated heterocycles. The summed E-state index contributed by atoms with van der Waals surface area (Å²) in [7, 11) is 0. The zero-order valence-corrected chi connectivity index (χ0v) is 10.9. The summed E-state index contributed by atoms with van der Waals surface area (Å²) in [6.07, 6.45) is 1.03. The van der Waals surface area contributed by atoms with E-state index in [0.717, 1.165) is 17.1 Å². The molecule has 4 heteroatoms. The monoisotopic (exact) mass is 247 g/mol. The van der Waals surface area contributed by atoms with Crippen molar-refractivity contribution in [3.63, 3.8) is 0 Å². The van der Waals surface area contributed by atoms with Crippen molar-refractivity contribution < 1.29 is 0 Å². The molecule has 1 aromatic heterocycles. The van der Waals surface area contributed by atoms with Gasteiger partial charge in [-0.15, -0.1) is 0 Å². The number of hydrogen-bond donors (Lipinski definition) is 2. The van der Waals surface area contributed by atoms with Gasteiger partial charge in [-0.25, -0.2) is 4.98 Å². The lowest BCUT2D eigenvalue weighted by atomic mass is 9.63. The number of aromatic nitrogens is 1. The molecule has 0 radical (unpaired) electrons. The SMILES string of the molecule is CC1(C)C(N)CC1Nc1nc2ccccc2s1. The number of thiazole rings is 1. The van der Waals surface area contributed by atoms with Crippen molar-refractivity contribution in [3.05, 3.63) is 24.3 Å². The van der Waals surface area contributed by atoms with Crippen molar-refractivity contribution >= 4 is 26.7 Å². The van der Waals surface area contributed by atoms with Crippen LogP contribution in [0.4, 0.5) is 5.13 Å². The second-order valence-electron chi connectivity index (χ2n) is 5.35. The van der Waals surface area contributed by atoms with Crippen LogP contribution in [-0.4, -0.2) is 17.1 Å². The minimum atomic E-state index is 0.165. The minimum Gasteiger partial charge on any atom is -0.358 e. The maximum atomic E-state index is 6.02. The maximum absolute atomic E-state index is 6.02. The average molecular weight is 247 g/mol. The molecule has 3 rings (SSSR count). The van der Waals surface area contributed by atoms with Crippen molar-refractivity contribution in [1.29, 1.82) is 0 Å². The summed E-state index contributed by atoms with van der Waals surface area (Å²) in [6, 6.07) is 8.97. The Kier molecular flexibility index (Phi) is 2.38. The third-order valence-electron chi connectivity index (χ3n) is 3.93. The van der Waals surface area contributed by atoms with Crippen LogP contribution in [-0.2, 0) is 0 Å². The normalized spacial score (nSPS) is 26.8. The highest BCUT2D eigenvalue weighted by molar-refractivity contribution is 7.22. The van der Waals surface area contributed by atoms with Crippen molar-refractivity contribution in [2.24, 2.45) is 11.1 Å². The highest BCUT2D eigenvalue weighted by atomic mass is 32.1. The molecule has 0 bridgehead atoms. The lowest BCUT2D eigenvalue weighted by molar-refractivity contribution is 0.117. The molecule has 1 fully saturated rings. The van der Waals surface area contributed by atoms with Crippen LogP contribution in [0.3, 0.4) is 0 Å². The first-order valence-corrected chi connectivity index (χ1v) is 6.77. The summed E-state index contributed by atoms with van der Waals surface area (Å²) in [5, 5.41) is 4.53. The minimum absolute atomic E-state index is 0.165. The number of nitrogens with one attached hydrogen (secondary N) is 1. The summed E-state index contributed by atoms with van der Waals surface area (Å²) >= 11 is 1.71. The van der Waals surface area contributed by atoms with E-state index in [0.29, 0.717) is 12.1 Å². The first-order valence-electron chi connectivity index (χ1n) is 5.95. The Hall–Kier alpha value is -1.13. The van der Waals surface area contributed by atoms with Gasteiger partial charge in [0, 0.05) is 17.5 Å². The molecule has 90 valence electrons. The molecule has 0 spiro atoms. The number of rotatable bonds is 2. The van der Waals surface area contributed by atoms with Crippen molar-refractivity contribution in [3.8, 4) is 0 Å². The second kappa shape index (κ2) is 3.68. The predicted octanol–water partition coefficient (Wildman–Crippen LogP) is 2.83. The molecule has 1 saturated carbocycles. The molecule has 17 heavy (non-hydrogen) atoms. The molecule has 0 amide bonds. The number of benzene rings is 1. The fraction of sp³-hybridized carbons (Fsp3) is 0.462. The van der Waals surface area contributed by atoms with Gasteiger partial charge in [-0.3, -0.25) is 0 Å². The molecular weight excluding hydrogens is 230 g/mol. The number of fused-ring (bicyclic) bond motifs is 1. The van der Waals surface area contributed by atoms with E-state index in [1.165, 1.54) is 4.70 Å². The summed E-state index contributed by atoms with van der Waals surface area (Å²) in [4.78, 5) is 4.59. The zero-order valence-electron chi connectivity index (χ0n) is 10.1. The molecule has 1 aliphatic carbocycles. The van der Waals surface area contributed by atoms with E-state index in [2.05, 4.69) is 36.3 Å². The Morgan fingerprint density at radius 3 is 2.82 bits per heavy atom. The van der Waals surface area contributed by atoms with Gasteiger partial charge in [0.2, 0.25) is 0 Å². The topological polar surface area (TPSA) is 50.9 Å². The van der Waals surface area contributed by atoms with Crippen LogP contribution in [0, 0.1) is 5.41 Å². The lowest BCUT2D eigenvalue weighted by Crippen LogP contribution is -2.61. The van der Waals surface area contributed by atoms with Gasteiger partial charge >= 0.3 is 0 Å². The predicted molar refractivity (Wildman–Crippen MR) is 73.4 cm³/mol. The summed E-state index contributed by atoms with van der Waals surface area (Å²) in [6.45, 7) is 4.43. The molecule has 1 aromatic carbocycles. The average Bonchev–Trinajstić information content (AvgIpc) is 2.71. The van der Waals surface area contributed by atoms with E-state index in [9.17, 15) is 0 Å². The number of para-hydroxylation sites is 1. The highest BCUT2D eigenvalue weighted by Crippen LogP contribution is 2.41. The van der Waals surface area contributed by atoms with Gasteiger partial charge in [0.1, 0.15) is 0 Å². The molecule has 0 aliphatic heterocycles. The Morgan fingerprint density at radius 2 is 2.18 bits per heavy atom. The number of nitrogens with zero attached hydrogens (tertiary/aromatic N) is 1. The largest absolute Gasteiger partial charge is 0.358 e. The van der Waals surface area contributed by atoms with Gasteiger partial charge in [-0.1, -0.05) is 37.3 Å². The summed E-state index contributed by atoms with van der Waals surface area (Å²) < 4.78 is 1.23. The third kappa shape index (κ3) is 1.72. The standard InChI is InChI=1S/C13H17N3S/c1-13(2)10(14)7-11(13)16-12-15-8-5-3-4-6-9(8)17-12/h3-6,10-11H,7,14H2,1-2H3,(H,15,16). The number of nitrogens with two attached hydrogens (primary N) is 1. The lowest BCUT2D eigenvalue weighted by Gasteiger charge is -2.50. The zero-order chi connectivity index (χ0) is 12.0. The number of anilines is 1. The highest BCUT2D eigenvalue weighted by Gasteiger charge is 2.46. The summed E-state index contributed by atoms with van der Waals surface area (Å²) in [5.74, 6) is 0. The van der Waals surface area contributed by atoms with Crippen LogP contribution in [0.1, 0.15) is 20.3 Å². The van der Waals surface area contributed by atoms with E-state index in [-0.39, 0.29) is 5.41 Å². The molecule has 3 nitrogen and oxygen atoms in total. The fourth-order valence-electron chi connectivity index (χ4n) is 2.29. The summed E-state index contributed by atoms with van der Waals surface area (Å²) in [5.41, 5.74) is 7.25. The smallest absolute Gasteiger partial charge is 0.184 e. The van der Waals surface area contributed by atoms with Gasteiger partial charge in [0.25, 0.3) is 0 Å². The molecular formula is C13H17N3S. The Balaban J connectivity index is 1.82. The molecule has 2 unspecified atom stereocenters. The van der Waals surface area contributed by atoms with Gasteiger partial charge in [0.05, 0.1) is 10.2 Å². The van der Waals surface area contributed by atoms with Crippen LogP contribution in [0.25, 0.3) is 10.2 Å². The Bertz CT molecular complexity index is 513. The van der Waals surface area contributed by atoms with Crippen molar-refractivity contribution in [1.82, 2.24) is 4.98 Å². The van der Waals surface area contributed by atoms with E-state index < -0.39 is 0 Å². The Labute approximate surface area is 105 Å². The van der Waals surface area contributed by atoms with Gasteiger partial charge < -0.3 is 11.1 Å². The van der Waals surface area contributed by atoms with Crippen LogP contribution >= 0.6 is 11.3 Å². The van der Waals surface area contributed by atoms with E-state index in [1.807, 2.05) is 12.1 Å².